The zero-order chi connectivity index (χ0) is 21.6. The summed E-state index contributed by atoms with van der Waals surface area (Å²) >= 11 is 1.48. The number of hydrogen-bond donors (Lipinski definition) is 1. The summed E-state index contributed by atoms with van der Waals surface area (Å²) in [6.07, 6.45) is 0. The van der Waals surface area contributed by atoms with Crippen molar-refractivity contribution in [2.24, 2.45) is 0 Å². The van der Waals surface area contributed by atoms with Crippen LogP contribution in [0.15, 0.2) is 53.7 Å². The number of ether oxygens (including phenoxy) is 3. The summed E-state index contributed by atoms with van der Waals surface area (Å²) < 4.78 is 18.1. The minimum atomic E-state index is 0.110. The SMILES string of the molecule is COc1ccc(OCCSc2nnc(COc3ccc(C(C)(C)C)cc3)n2N)cc1. The average Bonchev–Trinajstić information content (AvgIpc) is 3.09. The van der Waals surface area contributed by atoms with Crippen molar-refractivity contribution in [2.45, 2.75) is 37.9 Å². The van der Waals surface area contributed by atoms with Gasteiger partial charge in [-0.15, -0.1) is 10.2 Å². The molecule has 7 nitrogen and oxygen atoms in total. The minimum Gasteiger partial charge on any atom is -0.497 e. The van der Waals surface area contributed by atoms with Crippen LogP contribution in [0.2, 0.25) is 0 Å². The molecule has 0 fully saturated rings. The lowest BCUT2D eigenvalue weighted by Gasteiger charge is -2.19. The summed E-state index contributed by atoms with van der Waals surface area (Å²) in [6, 6.07) is 15.5. The average molecular weight is 429 g/mol. The smallest absolute Gasteiger partial charge is 0.210 e. The lowest BCUT2D eigenvalue weighted by molar-refractivity contribution is 0.291. The van der Waals surface area contributed by atoms with Gasteiger partial charge in [-0.3, -0.25) is 0 Å². The Morgan fingerprint density at radius 2 is 1.50 bits per heavy atom. The van der Waals surface area contributed by atoms with Gasteiger partial charge in [0.25, 0.3) is 0 Å². The van der Waals surface area contributed by atoms with Gasteiger partial charge < -0.3 is 20.1 Å². The molecule has 0 saturated heterocycles. The fraction of sp³-hybridized carbons (Fsp3) is 0.364. The minimum absolute atomic E-state index is 0.110. The van der Waals surface area contributed by atoms with Gasteiger partial charge in [0.2, 0.25) is 5.16 Å². The van der Waals surface area contributed by atoms with Crippen molar-refractivity contribution in [3.8, 4) is 17.2 Å². The molecule has 0 radical (unpaired) electrons. The van der Waals surface area contributed by atoms with Gasteiger partial charge in [0.15, 0.2) is 5.82 Å². The Kier molecular flexibility index (Phi) is 7.10. The van der Waals surface area contributed by atoms with Crippen LogP contribution in [-0.4, -0.2) is 34.3 Å². The standard InChI is InChI=1S/C22H28N4O3S/c1-22(2,3)16-5-7-19(8-6-16)29-15-20-24-25-21(26(20)23)30-14-13-28-18-11-9-17(27-4)10-12-18/h5-12H,13-15,23H2,1-4H3. The van der Waals surface area contributed by atoms with Gasteiger partial charge in [0.05, 0.1) is 13.7 Å². The highest BCUT2D eigenvalue weighted by atomic mass is 32.2. The molecule has 2 aromatic carbocycles. The first-order chi connectivity index (χ1) is 14.4. The van der Waals surface area contributed by atoms with Crippen LogP contribution in [0.25, 0.3) is 0 Å². The molecule has 0 aliphatic rings. The molecule has 30 heavy (non-hydrogen) atoms. The van der Waals surface area contributed by atoms with Crippen LogP contribution < -0.4 is 20.1 Å². The van der Waals surface area contributed by atoms with Gasteiger partial charge in [0, 0.05) is 5.75 Å². The zero-order valence-electron chi connectivity index (χ0n) is 17.8. The number of rotatable bonds is 9. The van der Waals surface area contributed by atoms with E-state index >= 15 is 0 Å². The second-order valence-corrected chi connectivity index (χ2v) is 8.77. The summed E-state index contributed by atoms with van der Waals surface area (Å²) in [5, 5.41) is 8.89. The summed E-state index contributed by atoms with van der Waals surface area (Å²) in [5.74, 6) is 9.72. The maximum Gasteiger partial charge on any atom is 0.210 e. The van der Waals surface area contributed by atoms with Crippen molar-refractivity contribution in [2.75, 3.05) is 25.3 Å². The second-order valence-electron chi connectivity index (χ2n) is 7.70. The van der Waals surface area contributed by atoms with E-state index in [0.29, 0.717) is 23.3 Å². The van der Waals surface area contributed by atoms with E-state index < -0.39 is 0 Å². The number of benzene rings is 2. The van der Waals surface area contributed by atoms with E-state index in [1.165, 1.54) is 22.0 Å². The molecular formula is C22H28N4O3S. The van der Waals surface area contributed by atoms with Gasteiger partial charge in [-0.1, -0.05) is 44.7 Å². The van der Waals surface area contributed by atoms with E-state index in [0.717, 1.165) is 17.2 Å². The molecule has 0 saturated carbocycles. The summed E-state index contributed by atoms with van der Waals surface area (Å²) in [4.78, 5) is 0. The molecule has 0 unspecified atom stereocenters. The van der Waals surface area contributed by atoms with Crippen LogP contribution in [-0.2, 0) is 12.0 Å². The van der Waals surface area contributed by atoms with Crippen LogP contribution in [0.5, 0.6) is 17.2 Å². The van der Waals surface area contributed by atoms with Crippen LogP contribution in [0.4, 0.5) is 0 Å². The van der Waals surface area contributed by atoms with Crippen LogP contribution in [0.1, 0.15) is 32.2 Å². The number of thioether (sulfide) groups is 1. The number of nitrogens with two attached hydrogens (primary N) is 1. The first-order valence-electron chi connectivity index (χ1n) is 9.69. The highest BCUT2D eigenvalue weighted by Gasteiger charge is 2.14. The quantitative estimate of drug-likeness (QED) is 0.313. The Labute approximate surface area is 181 Å². The fourth-order valence-corrected chi connectivity index (χ4v) is 3.36. The number of nitrogens with zero attached hydrogens (tertiary/aromatic N) is 3. The Hall–Kier alpha value is -2.87. The number of hydrogen-bond acceptors (Lipinski definition) is 7. The Bertz CT molecular complexity index is 935. The third kappa shape index (κ3) is 5.82. The largest absolute Gasteiger partial charge is 0.497 e. The van der Waals surface area contributed by atoms with E-state index in [2.05, 4.69) is 43.1 Å². The molecule has 2 N–H and O–H groups in total. The summed E-state index contributed by atoms with van der Waals surface area (Å²) in [5.41, 5.74) is 1.37. The van der Waals surface area contributed by atoms with Crippen molar-refractivity contribution in [3.63, 3.8) is 0 Å². The number of nitrogen functional groups attached to an aromatic ring is 1. The van der Waals surface area contributed by atoms with Gasteiger partial charge >= 0.3 is 0 Å². The van der Waals surface area contributed by atoms with Crippen LogP contribution in [0.3, 0.4) is 0 Å². The maximum atomic E-state index is 6.11. The lowest BCUT2D eigenvalue weighted by Crippen LogP contribution is -2.16. The molecule has 0 bridgehead atoms. The van der Waals surface area contributed by atoms with E-state index in [1.54, 1.807) is 7.11 Å². The Morgan fingerprint density at radius 1 is 0.900 bits per heavy atom. The van der Waals surface area contributed by atoms with Gasteiger partial charge in [-0.2, -0.15) is 0 Å². The van der Waals surface area contributed by atoms with Crippen molar-refractivity contribution in [1.29, 1.82) is 0 Å². The Balaban J connectivity index is 1.45. The zero-order valence-corrected chi connectivity index (χ0v) is 18.6. The summed E-state index contributed by atoms with van der Waals surface area (Å²) in [7, 11) is 1.64. The first kappa shape index (κ1) is 21.8. The molecule has 0 atom stereocenters. The van der Waals surface area contributed by atoms with Crippen molar-refractivity contribution >= 4 is 11.8 Å². The molecule has 0 spiro atoms. The first-order valence-corrected chi connectivity index (χ1v) is 10.7. The molecule has 3 aromatic rings. The predicted molar refractivity (Wildman–Crippen MR) is 119 cm³/mol. The highest BCUT2D eigenvalue weighted by Crippen LogP contribution is 2.25. The van der Waals surface area contributed by atoms with Crippen molar-refractivity contribution in [1.82, 2.24) is 14.9 Å². The van der Waals surface area contributed by atoms with E-state index in [-0.39, 0.29) is 12.0 Å². The molecular weight excluding hydrogens is 400 g/mol. The van der Waals surface area contributed by atoms with Gasteiger partial charge in [0.1, 0.15) is 23.9 Å². The van der Waals surface area contributed by atoms with Crippen molar-refractivity contribution < 1.29 is 14.2 Å². The molecule has 8 heteroatoms. The third-order valence-electron chi connectivity index (χ3n) is 4.47. The normalized spacial score (nSPS) is 11.3. The van der Waals surface area contributed by atoms with E-state index in [4.69, 9.17) is 20.1 Å². The van der Waals surface area contributed by atoms with Gasteiger partial charge in [-0.25, -0.2) is 4.68 Å². The molecule has 1 heterocycles. The predicted octanol–water partition coefficient (Wildman–Crippen LogP) is 4.05. The van der Waals surface area contributed by atoms with E-state index in [1.807, 2.05) is 36.4 Å². The van der Waals surface area contributed by atoms with Crippen LogP contribution in [0, 0.1) is 0 Å². The van der Waals surface area contributed by atoms with Gasteiger partial charge in [-0.05, 0) is 47.4 Å². The highest BCUT2D eigenvalue weighted by molar-refractivity contribution is 7.99. The molecule has 160 valence electrons. The number of aromatic nitrogens is 3. The maximum absolute atomic E-state index is 6.11. The lowest BCUT2D eigenvalue weighted by atomic mass is 9.87. The Morgan fingerprint density at radius 3 is 2.13 bits per heavy atom. The summed E-state index contributed by atoms with van der Waals surface area (Å²) in [6.45, 7) is 7.32. The molecule has 1 aromatic heterocycles. The molecule has 0 aliphatic heterocycles. The molecule has 0 aliphatic carbocycles. The fourth-order valence-electron chi connectivity index (χ4n) is 2.67. The van der Waals surface area contributed by atoms with E-state index in [9.17, 15) is 0 Å². The topological polar surface area (TPSA) is 84.4 Å². The monoisotopic (exact) mass is 428 g/mol. The molecule has 0 amide bonds. The second kappa shape index (κ2) is 9.75. The van der Waals surface area contributed by atoms with Crippen molar-refractivity contribution in [3.05, 3.63) is 59.9 Å². The van der Waals surface area contributed by atoms with Crippen LogP contribution >= 0.6 is 11.8 Å². The molecule has 3 rings (SSSR count). The number of methoxy groups -OCH3 is 1. The third-order valence-corrected chi connectivity index (χ3v) is 5.37.